The first-order chi connectivity index (χ1) is 10.00. The van der Waals surface area contributed by atoms with Gasteiger partial charge >= 0.3 is 0 Å². The summed E-state index contributed by atoms with van der Waals surface area (Å²) in [5, 5.41) is 11.1. The van der Waals surface area contributed by atoms with E-state index in [1.54, 1.807) is 0 Å². The van der Waals surface area contributed by atoms with E-state index in [0.29, 0.717) is 11.8 Å². The average molecular weight is 305 g/mol. The van der Waals surface area contributed by atoms with Crippen LogP contribution in [-0.4, -0.2) is 5.11 Å². The summed E-state index contributed by atoms with van der Waals surface area (Å²) in [5.41, 5.74) is 1.34. The van der Waals surface area contributed by atoms with Crippen molar-refractivity contribution in [2.24, 2.45) is 28.6 Å². The highest BCUT2D eigenvalue weighted by Crippen LogP contribution is 2.49. The van der Waals surface area contributed by atoms with Gasteiger partial charge in [0.15, 0.2) is 0 Å². The zero-order valence-electron chi connectivity index (χ0n) is 15.9. The maximum absolute atomic E-state index is 11.1. The number of benzene rings is 1. The van der Waals surface area contributed by atoms with Gasteiger partial charge < -0.3 is 5.11 Å². The molecular weight excluding hydrogens is 268 g/mol. The van der Waals surface area contributed by atoms with Crippen LogP contribution in [0, 0.1) is 28.6 Å². The number of hydrogen-bond donors (Lipinski definition) is 1. The zero-order valence-corrected chi connectivity index (χ0v) is 15.9. The Morgan fingerprint density at radius 3 is 1.77 bits per heavy atom. The second-order valence-corrected chi connectivity index (χ2v) is 8.79. The van der Waals surface area contributed by atoms with Crippen molar-refractivity contribution in [3.8, 4) is 0 Å². The molecule has 1 rings (SSSR count). The van der Waals surface area contributed by atoms with Gasteiger partial charge in [-0.15, -0.1) is 0 Å². The summed E-state index contributed by atoms with van der Waals surface area (Å²) in [5.74, 6) is 1.37. The number of aliphatic hydroxyl groups is 1. The maximum atomic E-state index is 11.1. The van der Waals surface area contributed by atoms with Crippen LogP contribution < -0.4 is 0 Å². The van der Waals surface area contributed by atoms with Gasteiger partial charge in [-0.05, 0) is 40.6 Å². The molecule has 0 saturated heterocycles. The Balaban J connectivity index is 3.17. The molecule has 0 amide bonds. The average Bonchev–Trinajstić information content (AvgIpc) is 2.44. The molecule has 1 aromatic rings. The minimum Gasteiger partial charge on any atom is -0.388 e. The molecule has 126 valence electrons. The summed E-state index contributed by atoms with van der Waals surface area (Å²) in [7, 11) is 0. The SMILES string of the molecule is CC(C)C(C)(C)CC(C(O)c1ccccc1)C(C)(C)C(C)C. The van der Waals surface area contributed by atoms with Gasteiger partial charge in [0.25, 0.3) is 0 Å². The lowest BCUT2D eigenvalue weighted by atomic mass is 9.61. The van der Waals surface area contributed by atoms with Crippen LogP contribution in [0.3, 0.4) is 0 Å². The Morgan fingerprint density at radius 1 is 0.864 bits per heavy atom. The highest BCUT2D eigenvalue weighted by Gasteiger charge is 2.41. The van der Waals surface area contributed by atoms with E-state index >= 15 is 0 Å². The molecule has 0 bridgehead atoms. The molecule has 1 nitrogen and oxygen atoms in total. The first-order valence-electron chi connectivity index (χ1n) is 8.73. The van der Waals surface area contributed by atoms with Crippen LogP contribution in [-0.2, 0) is 0 Å². The van der Waals surface area contributed by atoms with Gasteiger partial charge in [0.05, 0.1) is 6.10 Å². The van der Waals surface area contributed by atoms with Crippen molar-refractivity contribution in [1.82, 2.24) is 0 Å². The molecule has 0 aliphatic rings. The molecule has 0 heterocycles. The van der Waals surface area contributed by atoms with Crippen LogP contribution in [0.1, 0.15) is 73.5 Å². The molecule has 0 aliphatic heterocycles. The van der Waals surface area contributed by atoms with Crippen molar-refractivity contribution < 1.29 is 5.11 Å². The third-order valence-corrected chi connectivity index (χ3v) is 6.27. The molecule has 22 heavy (non-hydrogen) atoms. The van der Waals surface area contributed by atoms with Gasteiger partial charge in [-0.3, -0.25) is 0 Å². The van der Waals surface area contributed by atoms with Gasteiger partial charge in [-0.2, -0.15) is 0 Å². The fourth-order valence-corrected chi connectivity index (χ4v) is 2.89. The monoisotopic (exact) mass is 304 g/mol. The smallest absolute Gasteiger partial charge is 0.0823 e. The van der Waals surface area contributed by atoms with Crippen LogP contribution in [0.15, 0.2) is 30.3 Å². The van der Waals surface area contributed by atoms with Gasteiger partial charge in [-0.1, -0.05) is 85.7 Å². The largest absolute Gasteiger partial charge is 0.388 e. The predicted molar refractivity (Wildman–Crippen MR) is 96.7 cm³/mol. The summed E-state index contributed by atoms with van der Waals surface area (Å²) in [6.45, 7) is 18.4. The molecule has 0 spiro atoms. The van der Waals surface area contributed by atoms with Crippen molar-refractivity contribution >= 4 is 0 Å². The van der Waals surface area contributed by atoms with Crippen molar-refractivity contribution in [2.45, 2.75) is 67.9 Å². The van der Waals surface area contributed by atoms with Crippen LogP contribution in [0.25, 0.3) is 0 Å². The van der Waals surface area contributed by atoms with Crippen LogP contribution >= 0.6 is 0 Å². The molecule has 0 fully saturated rings. The van der Waals surface area contributed by atoms with Crippen LogP contribution in [0.4, 0.5) is 0 Å². The maximum Gasteiger partial charge on any atom is 0.0823 e. The van der Waals surface area contributed by atoms with Crippen molar-refractivity contribution in [3.63, 3.8) is 0 Å². The van der Waals surface area contributed by atoms with E-state index in [-0.39, 0.29) is 16.7 Å². The van der Waals surface area contributed by atoms with Crippen molar-refractivity contribution in [1.29, 1.82) is 0 Å². The van der Waals surface area contributed by atoms with Crippen LogP contribution in [0.5, 0.6) is 0 Å². The standard InChI is InChI=1S/C21H36O/c1-15(2)20(5,6)14-18(21(7,8)16(3)4)19(22)17-12-10-9-11-13-17/h9-13,15-16,18-19,22H,14H2,1-8H3. The Kier molecular flexibility index (Phi) is 6.27. The van der Waals surface area contributed by atoms with Crippen molar-refractivity contribution in [2.75, 3.05) is 0 Å². The van der Waals surface area contributed by atoms with Gasteiger partial charge in [0.2, 0.25) is 0 Å². The summed E-state index contributed by atoms with van der Waals surface area (Å²) in [4.78, 5) is 0. The van der Waals surface area contributed by atoms with Gasteiger partial charge in [-0.25, -0.2) is 0 Å². The Morgan fingerprint density at radius 2 is 1.36 bits per heavy atom. The minimum absolute atomic E-state index is 0.0847. The topological polar surface area (TPSA) is 20.2 Å². The fraction of sp³-hybridized carbons (Fsp3) is 0.714. The minimum atomic E-state index is -0.406. The van der Waals surface area contributed by atoms with Gasteiger partial charge in [0.1, 0.15) is 0 Å². The van der Waals surface area contributed by atoms with E-state index in [2.05, 4.69) is 67.5 Å². The number of rotatable bonds is 7. The number of hydrogen-bond acceptors (Lipinski definition) is 1. The lowest BCUT2D eigenvalue weighted by Crippen LogP contribution is -2.38. The molecule has 0 radical (unpaired) electrons. The molecule has 1 aromatic carbocycles. The second kappa shape index (κ2) is 7.17. The first kappa shape index (κ1) is 19.2. The van der Waals surface area contributed by atoms with E-state index in [1.165, 1.54) is 0 Å². The molecule has 1 heteroatoms. The first-order valence-corrected chi connectivity index (χ1v) is 8.73. The third-order valence-electron chi connectivity index (χ3n) is 6.27. The normalized spacial score (nSPS) is 16.1. The zero-order chi connectivity index (χ0) is 17.1. The van der Waals surface area contributed by atoms with Gasteiger partial charge in [0, 0.05) is 0 Å². The fourth-order valence-electron chi connectivity index (χ4n) is 2.89. The third kappa shape index (κ3) is 4.35. The van der Waals surface area contributed by atoms with Crippen molar-refractivity contribution in [3.05, 3.63) is 35.9 Å². The molecule has 0 aliphatic carbocycles. The predicted octanol–water partition coefficient (Wildman–Crippen LogP) is 6.09. The molecule has 0 aromatic heterocycles. The van der Waals surface area contributed by atoms with E-state index in [9.17, 15) is 5.11 Å². The highest BCUT2D eigenvalue weighted by atomic mass is 16.3. The van der Waals surface area contributed by atoms with E-state index in [0.717, 1.165) is 12.0 Å². The Hall–Kier alpha value is -0.820. The summed E-state index contributed by atoms with van der Waals surface area (Å²) in [6.07, 6.45) is 0.628. The Bertz CT molecular complexity index is 442. The summed E-state index contributed by atoms with van der Waals surface area (Å²) < 4.78 is 0. The lowest BCUT2D eigenvalue weighted by Gasteiger charge is -2.45. The van der Waals surface area contributed by atoms with Crippen LogP contribution in [0.2, 0.25) is 0 Å². The molecule has 2 atom stereocenters. The molecule has 1 N–H and O–H groups in total. The van der Waals surface area contributed by atoms with E-state index < -0.39 is 6.10 Å². The van der Waals surface area contributed by atoms with E-state index in [1.807, 2.05) is 18.2 Å². The lowest BCUT2D eigenvalue weighted by molar-refractivity contribution is -0.0257. The molecule has 2 unspecified atom stereocenters. The molecule has 0 saturated carbocycles. The summed E-state index contributed by atoms with van der Waals surface area (Å²) in [6, 6.07) is 10.2. The quantitative estimate of drug-likeness (QED) is 0.646. The Labute approximate surface area is 138 Å². The highest BCUT2D eigenvalue weighted by molar-refractivity contribution is 5.19. The second-order valence-electron chi connectivity index (χ2n) is 8.79. The molecular formula is C21H36O. The van der Waals surface area contributed by atoms with E-state index in [4.69, 9.17) is 0 Å². The summed E-state index contributed by atoms with van der Waals surface area (Å²) >= 11 is 0. The number of aliphatic hydroxyl groups excluding tert-OH is 1.